The lowest BCUT2D eigenvalue weighted by Gasteiger charge is -2.17. The number of pyridine rings is 1. The number of rotatable bonds is 13. The predicted octanol–water partition coefficient (Wildman–Crippen LogP) is 2.26. The molecule has 0 aliphatic heterocycles. The zero-order valence-corrected chi connectivity index (χ0v) is 22.9. The molecule has 2 rings (SSSR count). The summed E-state index contributed by atoms with van der Waals surface area (Å²) in [6.45, 7) is 5.79. The largest absolute Gasteiger partial charge is 0.504 e. The van der Waals surface area contributed by atoms with E-state index in [1.807, 2.05) is 26.0 Å². The normalized spacial score (nSPS) is 11.6. The number of hydrogen-bond acceptors (Lipinski definition) is 7. The van der Waals surface area contributed by atoms with Crippen LogP contribution in [0.3, 0.4) is 0 Å². The second-order valence-corrected chi connectivity index (χ2v) is 9.49. The van der Waals surface area contributed by atoms with Gasteiger partial charge >= 0.3 is 7.12 Å². The van der Waals surface area contributed by atoms with Crippen molar-refractivity contribution in [2.24, 2.45) is 10.9 Å². The number of aryl methyl sites for hydroxylation is 1. The van der Waals surface area contributed by atoms with Crippen molar-refractivity contribution < 1.29 is 24.4 Å². The highest BCUT2D eigenvalue weighted by molar-refractivity contribution is 6.80. The minimum absolute atomic E-state index is 0.0403. The first-order valence-electron chi connectivity index (χ1n) is 13.0. The molecular weight excluding hydrogens is 509 g/mol. The Hall–Kier alpha value is -4.36. The molecule has 1 aromatic carbocycles. The molecule has 1 aromatic heterocycles. The number of amides is 3. The molecule has 0 aliphatic rings. The average molecular weight is 543 g/mol. The molecule has 0 spiro atoms. The zero-order valence-electron chi connectivity index (χ0n) is 22.9. The van der Waals surface area contributed by atoms with Crippen LogP contribution in [0.2, 0.25) is 0 Å². The fraction of sp³-hybridized carbons (Fsp3) is 0.345. The van der Waals surface area contributed by atoms with Gasteiger partial charge in [-0.25, -0.2) is 4.99 Å². The highest BCUT2D eigenvalue weighted by atomic mass is 16.4. The standard InChI is InChI=1S/C29H34BN5O5/c1-20(2)12-13-23(18-31)27(36)33-15-8-7-11-25(34-28(37)24-19-32-16-14-21(24)3)29(38)35-26(30(39)40)17-22-9-5-4-6-10-22/h4-6,9-10,12,14,16,19-20,25,39-40H,7-8,11,15,17H2,1-3H3,(H,33,36)(H,34,37)/b35-26-/t13?,25-/m0/s1. The highest BCUT2D eigenvalue weighted by Crippen LogP contribution is 2.10. The van der Waals surface area contributed by atoms with E-state index in [-0.39, 0.29) is 36.5 Å². The lowest BCUT2D eigenvalue weighted by molar-refractivity contribution is -0.120. The van der Waals surface area contributed by atoms with Crippen LogP contribution in [0.4, 0.5) is 0 Å². The van der Waals surface area contributed by atoms with Crippen molar-refractivity contribution in [3.63, 3.8) is 0 Å². The molecule has 0 saturated heterocycles. The number of hydrogen-bond donors (Lipinski definition) is 4. The van der Waals surface area contributed by atoms with E-state index in [9.17, 15) is 29.7 Å². The van der Waals surface area contributed by atoms with Gasteiger partial charge in [-0.3, -0.25) is 19.4 Å². The van der Waals surface area contributed by atoms with Crippen LogP contribution in [0.1, 0.15) is 54.6 Å². The van der Waals surface area contributed by atoms with Gasteiger partial charge in [-0.2, -0.15) is 5.26 Å². The number of unbranched alkanes of at least 4 members (excludes halogenated alkanes) is 1. The van der Waals surface area contributed by atoms with Gasteiger partial charge in [-0.1, -0.05) is 44.2 Å². The number of nitrogens with one attached hydrogen (secondary N) is 2. The number of carbonyl (C=O) groups excluding carboxylic acids is 3. The molecule has 0 bridgehead atoms. The van der Waals surface area contributed by atoms with Crippen LogP contribution < -0.4 is 10.6 Å². The molecule has 1 atom stereocenters. The third kappa shape index (κ3) is 10.8. The van der Waals surface area contributed by atoms with Crippen LogP contribution in [0.25, 0.3) is 0 Å². The summed E-state index contributed by atoms with van der Waals surface area (Å²) >= 11 is 0. The van der Waals surface area contributed by atoms with Crippen LogP contribution in [0, 0.1) is 24.2 Å². The Labute approximate surface area is 234 Å². The molecule has 0 saturated carbocycles. The van der Waals surface area contributed by atoms with Crippen molar-refractivity contribution in [3.8, 4) is 6.07 Å². The molecule has 1 heterocycles. The molecule has 208 valence electrons. The third-order valence-corrected chi connectivity index (χ3v) is 5.77. The SMILES string of the molecule is Cc1ccncc1C(=O)N[C@@H](CCCCNC(=O)C(=C=CC(C)C)C#N)C(=O)/N=C(/Cc1ccccc1)B(O)O. The number of benzene rings is 1. The summed E-state index contributed by atoms with van der Waals surface area (Å²) in [6.07, 6.45) is 5.68. The summed E-state index contributed by atoms with van der Waals surface area (Å²) < 4.78 is 0. The van der Waals surface area contributed by atoms with Gasteiger partial charge in [0.15, 0.2) is 5.57 Å². The van der Waals surface area contributed by atoms with Crippen molar-refractivity contribution >= 4 is 30.5 Å². The number of nitriles is 1. The lowest BCUT2D eigenvalue weighted by atomic mass is 9.79. The summed E-state index contributed by atoms with van der Waals surface area (Å²) in [4.78, 5) is 46.3. The van der Waals surface area contributed by atoms with Crippen LogP contribution in [-0.2, 0) is 16.0 Å². The molecule has 4 N–H and O–H groups in total. The number of aliphatic imine (C=N–C) groups is 1. The van der Waals surface area contributed by atoms with Gasteiger partial charge < -0.3 is 20.7 Å². The first-order valence-corrected chi connectivity index (χ1v) is 13.0. The van der Waals surface area contributed by atoms with Crippen LogP contribution in [0.15, 0.2) is 71.2 Å². The Kier molecular flexibility index (Phi) is 13.2. The summed E-state index contributed by atoms with van der Waals surface area (Å²) in [6, 6.07) is 11.4. The van der Waals surface area contributed by atoms with Crippen LogP contribution in [-0.4, -0.2) is 58.1 Å². The topological polar surface area (TPSA) is 165 Å². The Balaban J connectivity index is 2.13. The molecule has 0 aliphatic carbocycles. The quantitative estimate of drug-likeness (QED) is 0.0751. The maximum absolute atomic E-state index is 13.2. The maximum Gasteiger partial charge on any atom is 0.504 e. The molecule has 2 aromatic rings. The summed E-state index contributed by atoms with van der Waals surface area (Å²) in [7, 11) is -1.96. The van der Waals surface area contributed by atoms with E-state index in [4.69, 9.17) is 0 Å². The Bertz CT molecular complexity index is 1310. The monoisotopic (exact) mass is 543 g/mol. The van der Waals surface area contributed by atoms with Crippen molar-refractivity contribution in [3.05, 3.63) is 82.9 Å². The van der Waals surface area contributed by atoms with Gasteiger partial charge in [0.1, 0.15) is 12.1 Å². The first-order chi connectivity index (χ1) is 19.1. The van der Waals surface area contributed by atoms with Crippen molar-refractivity contribution in [2.45, 2.75) is 52.5 Å². The minimum Gasteiger partial charge on any atom is -0.422 e. The van der Waals surface area contributed by atoms with Gasteiger partial charge in [0.2, 0.25) is 0 Å². The Morgan fingerprint density at radius 1 is 1.15 bits per heavy atom. The fourth-order valence-corrected chi connectivity index (χ4v) is 3.57. The molecule has 40 heavy (non-hydrogen) atoms. The Morgan fingerprint density at radius 3 is 2.50 bits per heavy atom. The van der Waals surface area contributed by atoms with Gasteiger partial charge in [-0.05, 0) is 55.4 Å². The van der Waals surface area contributed by atoms with E-state index >= 15 is 0 Å². The average Bonchev–Trinajstić information content (AvgIpc) is 2.92. The van der Waals surface area contributed by atoms with E-state index < -0.39 is 30.9 Å². The van der Waals surface area contributed by atoms with Gasteiger partial charge in [0.25, 0.3) is 17.7 Å². The summed E-state index contributed by atoms with van der Waals surface area (Å²) in [5.41, 5.74) is 4.13. The lowest BCUT2D eigenvalue weighted by Crippen LogP contribution is -2.42. The molecule has 11 heteroatoms. The second kappa shape index (κ2) is 16.6. The van der Waals surface area contributed by atoms with Crippen LogP contribution in [0.5, 0.6) is 0 Å². The highest BCUT2D eigenvalue weighted by Gasteiger charge is 2.25. The number of carbonyl (C=O) groups is 3. The maximum atomic E-state index is 13.2. The van der Waals surface area contributed by atoms with Crippen molar-refractivity contribution in [1.82, 2.24) is 15.6 Å². The van der Waals surface area contributed by atoms with Crippen LogP contribution >= 0.6 is 0 Å². The van der Waals surface area contributed by atoms with E-state index in [2.05, 4.69) is 26.3 Å². The summed E-state index contributed by atoms with van der Waals surface area (Å²) in [5, 5.41) is 34.2. The van der Waals surface area contributed by atoms with Crippen molar-refractivity contribution in [1.29, 1.82) is 5.26 Å². The van der Waals surface area contributed by atoms with Gasteiger partial charge in [0, 0.05) is 25.4 Å². The number of aromatic nitrogens is 1. The second-order valence-electron chi connectivity index (χ2n) is 9.49. The third-order valence-electron chi connectivity index (χ3n) is 5.77. The molecule has 0 radical (unpaired) electrons. The minimum atomic E-state index is -1.96. The van der Waals surface area contributed by atoms with Gasteiger partial charge in [-0.15, -0.1) is 5.73 Å². The molecular formula is C29H34BN5O5. The number of nitrogens with zero attached hydrogens (tertiary/aromatic N) is 3. The first kappa shape index (κ1) is 31.9. The smallest absolute Gasteiger partial charge is 0.422 e. The van der Waals surface area contributed by atoms with E-state index in [0.29, 0.717) is 24.0 Å². The zero-order chi connectivity index (χ0) is 29.5. The predicted molar refractivity (Wildman–Crippen MR) is 152 cm³/mol. The van der Waals surface area contributed by atoms with E-state index in [1.54, 1.807) is 49.5 Å². The van der Waals surface area contributed by atoms with Crippen molar-refractivity contribution in [2.75, 3.05) is 6.54 Å². The van der Waals surface area contributed by atoms with Gasteiger partial charge in [0.05, 0.1) is 11.2 Å². The van der Waals surface area contributed by atoms with E-state index in [1.165, 1.54) is 6.20 Å². The molecule has 0 fully saturated rings. The summed E-state index contributed by atoms with van der Waals surface area (Å²) in [5.74, 6) is -1.65. The van der Waals surface area contributed by atoms with E-state index in [0.717, 1.165) is 5.56 Å². The molecule has 10 nitrogen and oxygen atoms in total. The molecule has 3 amide bonds. The Morgan fingerprint density at radius 2 is 1.88 bits per heavy atom. The molecule has 0 unspecified atom stereocenters. The fourth-order valence-electron chi connectivity index (χ4n) is 3.57.